The van der Waals surface area contributed by atoms with Crippen molar-refractivity contribution in [1.29, 1.82) is 0 Å². The number of hydroxylamine groups is 2. The predicted octanol–water partition coefficient (Wildman–Crippen LogP) is 4.27. The molecule has 4 nitrogen and oxygen atoms in total. The first-order valence-corrected chi connectivity index (χ1v) is 7.70. The van der Waals surface area contributed by atoms with Crippen molar-refractivity contribution in [2.24, 2.45) is 5.73 Å². The molecule has 0 fully saturated rings. The minimum atomic E-state index is -0.881. The molecule has 3 N–H and O–H groups in total. The molecule has 2 aromatic carbocycles. The maximum Gasteiger partial charge on any atom is 0.338 e. The summed E-state index contributed by atoms with van der Waals surface area (Å²) in [6.45, 7) is 0.0370. The standard InChI is InChI=1S/C16H15ClN2O2S/c17-13-7-9-14(10-8-13)22-15-6-2-1-4-12(15)5-3-11-19(21)16(18)20/h1-10,21H,11H2,(H2,18,20). The number of nitrogens with two attached hydrogens (primary N) is 1. The summed E-state index contributed by atoms with van der Waals surface area (Å²) in [4.78, 5) is 12.9. The van der Waals surface area contributed by atoms with Gasteiger partial charge in [0.25, 0.3) is 0 Å². The summed E-state index contributed by atoms with van der Waals surface area (Å²) in [5.41, 5.74) is 5.93. The third-order valence-corrected chi connectivity index (χ3v) is 4.14. The highest BCUT2D eigenvalue weighted by Crippen LogP contribution is 2.31. The van der Waals surface area contributed by atoms with Crippen LogP contribution < -0.4 is 5.73 Å². The van der Waals surface area contributed by atoms with Crippen molar-refractivity contribution < 1.29 is 10.0 Å². The third kappa shape index (κ3) is 4.80. The van der Waals surface area contributed by atoms with E-state index in [9.17, 15) is 10.0 Å². The van der Waals surface area contributed by atoms with Crippen molar-refractivity contribution >= 4 is 35.5 Å². The average molecular weight is 335 g/mol. The number of nitrogens with zero attached hydrogens (tertiary/aromatic N) is 1. The number of hydrogen-bond acceptors (Lipinski definition) is 3. The Kier molecular flexibility index (Phi) is 5.89. The largest absolute Gasteiger partial charge is 0.350 e. The van der Waals surface area contributed by atoms with E-state index in [0.29, 0.717) is 10.1 Å². The molecule has 0 aliphatic rings. The second-order valence-electron chi connectivity index (χ2n) is 4.42. The fourth-order valence-electron chi connectivity index (χ4n) is 1.71. The van der Waals surface area contributed by atoms with E-state index < -0.39 is 6.03 Å². The van der Waals surface area contributed by atoms with Gasteiger partial charge in [0, 0.05) is 14.8 Å². The smallest absolute Gasteiger partial charge is 0.338 e. The second kappa shape index (κ2) is 7.89. The van der Waals surface area contributed by atoms with Gasteiger partial charge < -0.3 is 5.73 Å². The number of primary amides is 1. The molecule has 0 saturated heterocycles. The highest BCUT2D eigenvalue weighted by Gasteiger charge is 2.04. The molecule has 0 aliphatic heterocycles. The minimum Gasteiger partial charge on any atom is -0.350 e. The summed E-state index contributed by atoms with van der Waals surface area (Å²) in [7, 11) is 0. The summed E-state index contributed by atoms with van der Waals surface area (Å²) >= 11 is 7.49. The van der Waals surface area contributed by atoms with Gasteiger partial charge in [-0.2, -0.15) is 0 Å². The first kappa shape index (κ1) is 16.4. The van der Waals surface area contributed by atoms with Gasteiger partial charge in [-0.15, -0.1) is 0 Å². The predicted molar refractivity (Wildman–Crippen MR) is 89.1 cm³/mol. The molecule has 0 aromatic heterocycles. The number of carbonyl (C=O) groups excluding carboxylic acids is 1. The van der Waals surface area contributed by atoms with Gasteiger partial charge in [0.15, 0.2) is 0 Å². The Labute approximate surface area is 138 Å². The van der Waals surface area contributed by atoms with Gasteiger partial charge in [-0.3, -0.25) is 5.21 Å². The molecule has 0 aliphatic carbocycles. The molecular weight excluding hydrogens is 320 g/mol. The maximum atomic E-state index is 10.7. The topological polar surface area (TPSA) is 66.6 Å². The fourth-order valence-corrected chi connectivity index (χ4v) is 2.76. The van der Waals surface area contributed by atoms with Crippen LogP contribution in [0.15, 0.2) is 64.4 Å². The zero-order chi connectivity index (χ0) is 15.9. The lowest BCUT2D eigenvalue weighted by Crippen LogP contribution is -2.32. The van der Waals surface area contributed by atoms with Gasteiger partial charge in [-0.1, -0.05) is 53.7 Å². The number of amides is 2. The summed E-state index contributed by atoms with van der Waals surface area (Å²) in [5.74, 6) is 0. The number of halogens is 1. The lowest BCUT2D eigenvalue weighted by molar-refractivity contribution is -0.0286. The molecule has 0 heterocycles. The van der Waals surface area contributed by atoms with E-state index in [1.807, 2.05) is 54.6 Å². The van der Waals surface area contributed by atoms with E-state index in [0.717, 1.165) is 15.4 Å². The zero-order valence-corrected chi connectivity index (χ0v) is 13.2. The molecule has 114 valence electrons. The van der Waals surface area contributed by atoms with E-state index in [1.54, 1.807) is 17.8 Å². The van der Waals surface area contributed by atoms with Gasteiger partial charge in [-0.05, 0) is 35.9 Å². The minimum absolute atomic E-state index is 0.0370. The van der Waals surface area contributed by atoms with Crippen LogP contribution in [0.2, 0.25) is 5.02 Å². The molecule has 2 rings (SSSR count). The Morgan fingerprint density at radius 3 is 2.59 bits per heavy atom. The van der Waals surface area contributed by atoms with Crippen molar-refractivity contribution in [2.45, 2.75) is 9.79 Å². The molecule has 0 spiro atoms. The van der Waals surface area contributed by atoms with Gasteiger partial charge in [0.2, 0.25) is 0 Å². The van der Waals surface area contributed by atoms with Gasteiger partial charge in [0.1, 0.15) is 0 Å². The van der Waals surface area contributed by atoms with Gasteiger partial charge >= 0.3 is 6.03 Å². The van der Waals surface area contributed by atoms with Crippen LogP contribution in [0, 0.1) is 0 Å². The van der Waals surface area contributed by atoms with Crippen LogP contribution in [0.25, 0.3) is 6.08 Å². The summed E-state index contributed by atoms with van der Waals surface area (Å²) in [5, 5.41) is 10.4. The Hall–Kier alpha value is -1.95. The molecule has 0 saturated carbocycles. The van der Waals surface area contributed by atoms with Crippen LogP contribution in [0.4, 0.5) is 4.79 Å². The molecule has 22 heavy (non-hydrogen) atoms. The van der Waals surface area contributed by atoms with Crippen LogP contribution in [0.5, 0.6) is 0 Å². The monoisotopic (exact) mass is 334 g/mol. The number of hydrogen-bond donors (Lipinski definition) is 2. The zero-order valence-electron chi connectivity index (χ0n) is 11.6. The summed E-state index contributed by atoms with van der Waals surface area (Å²) in [6, 6.07) is 14.6. The quantitative estimate of drug-likeness (QED) is 0.633. The van der Waals surface area contributed by atoms with Crippen LogP contribution >= 0.6 is 23.4 Å². The van der Waals surface area contributed by atoms with E-state index in [-0.39, 0.29) is 6.54 Å². The summed E-state index contributed by atoms with van der Waals surface area (Å²) < 4.78 is 0. The molecule has 6 heteroatoms. The molecule has 0 radical (unpaired) electrons. The number of benzene rings is 2. The van der Waals surface area contributed by atoms with Crippen LogP contribution in [0.3, 0.4) is 0 Å². The van der Waals surface area contributed by atoms with Crippen LogP contribution in [-0.2, 0) is 0 Å². The molecule has 0 atom stereocenters. The average Bonchev–Trinajstić information content (AvgIpc) is 2.51. The van der Waals surface area contributed by atoms with Gasteiger partial charge in [0.05, 0.1) is 6.54 Å². The second-order valence-corrected chi connectivity index (χ2v) is 5.97. The molecule has 0 bridgehead atoms. The number of rotatable bonds is 5. The SMILES string of the molecule is NC(=O)N(O)CC=Cc1ccccc1Sc1ccc(Cl)cc1. The van der Waals surface area contributed by atoms with E-state index in [4.69, 9.17) is 17.3 Å². The molecule has 2 amide bonds. The maximum absolute atomic E-state index is 10.7. The number of carbonyl (C=O) groups is 1. The van der Waals surface area contributed by atoms with E-state index in [2.05, 4.69) is 0 Å². The fraction of sp³-hybridized carbons (Fsp3) is 0.0625. The van der Waals surface area contributed by atoms with Crippen molar-refractivity contribution in [3.05, 3.63) is 65.2 Å². The van der Waals surface area contributed by atoms with Crippen molar-refractivity contribution in [3.63, 3.8) is 0 Å². The van der Waals surface area contributed by atoms with Crippen molar-refractivity contribution in [3.8, 4) is 0 Å². The molecule has 2 aromatic rings. The normalized spacial score (nSPS) is 10.8. The number of urea groups is 1. The lowest BCUT2D eigenvalue weighted by atomic mass is 10.2. The van der Waals surface area contributed by atoms with Gasteiger partial charge in [-0.25, -0.2) is 9.86 Å². The highest BCUT2D eigenvalue weighted by molar-refractivity contribution is 7.99. The third-order valence-electron chi connectivity index (χ3n) is 2.79. The Bertz CT molecular complexity index is 674. The van der Waals surface area contributed by atoms with E-state index in [1.165, 1.54) is 0 Å². The lowest BCUT2D eigenvalue weighted by Gasteiger charge is -2.09. The Morgan fingerprint density at radius 2 is 1.91 bits per heavy atom. The Balaban J connectivity index is 2.11. The van der Waals surface area contributed by atoms with Crippen LogP contribution in [0.1, 0.15) is 5.56 Å². The van der Waals surface area contributed by atoms with Crippen LogP contribution in [-0.4, -0.2) is 22.8 Å². The first-order chi connectivity index (χ1) is 10.6. The first-order valence-electron chi connectivity index (χ1n) is 6.51. The molecular formula is C16H15ClN2O2S. The highest BCUT2D eigenvalue weighted by atomic mass is 35.5. The molecule has 0 unspecified atom stereocenters. The summed E-state index contributed by atoms with van der Waals surface area (Å²) in [6.07, 6.45) is 3.51. The Morgan fingerprint density at radius 1 is 1.23 bits per heavy atom. The van der Waals surface area contributed by atoms with E-state index >= 15 is 0 Å². The van der Waals surface area contributed by atoms with Crippen molar-refractivity contribution in [2.75, 3.05) is 6.54 Å². The van der Waals surface area contributed by atoms with Crippen molar-refractivity contribution in [1.82, 2.24) is 5.06 Å².